The predicted molar refractivity (Wildman–Crippen MR) is 99.6 cm³/mol. The standard InChI is InChI=1S/C21H13F5N2O3/c22-14-7-5-12(6-8-14)20(27)28-31-21(29)13-3-1-11(2-4-13)10-30-19-17(25)15(23)9-16(24)18(19)26/h1-9H,10H2,(H2,27,28). The largest absolute Gasteiger partial charge is 0.483 e. The Morgan fingerprint density at radius 2 is 1.39 bits per heavy atom. The van der Waals surface area contributed by atoms with Gasteiger partial charge in [0.1, 0.15) is 12.4 Å². The molecule has 5 nitrogen and oxygen atoms in total. The van der Waals surface area contributed by atoms with Crippen molar-refractivity contribution in [2.24, 2.45) is 10.9 Å². The first-order valence-corrected chi connectivity index (χ1v) is 8.61. The van der Waals surface area contributed by atoms with E-state index in [1.54, 1.807) is 0 Å². The van der Waals surface area contributed by atoms with Crippen LogP contribution in [0.5, 0.6) is 5.75 Å². The van der Waals surface area contributed by atoms with Crippen LogP contribution in [0.25, 0.3) is 0 Å². The number of halogens is 5. The van der Waals surface area contributed by atoms with E-state index in [0.717, 1.165) is 12.1 Å². The van der Waals surface area contributed by atoms with Crippen LogP contribution in [0.1, 0.15) is 21.5 Å². The lowest BCUT2D eigenvalue weighted by Gasteiger charge is -2.10. The van der Waals surface area contributed by atoms with Crippen LogP contribution in [-0.4, -0.2) is 11.8 Å². The number of nitrogens with two attached hydrogens (primary N) is 1. The summed E-state index contributed by atoms with van der Waals surface area (Å²) in [5.74, 6) is -9.16. The van der Waals surface area contributed by atoms with Crippen LogP contribution in [-0.2, 0) is 11.4 Å². The molecule has 0 atom stereocenters. The number of hydrogen-bond acceptors (Lipinski definition) is 4. The van der Waals surface area contributed by atoms with Gasteiger partial charge in [0.25, 0.3) is 0 Å². The predicted octanol–water partition coefficient (Wildman–Crippen LogP) is 4.44. The molecule has 0 spiro atoms. The molecule has 0 unspecified atom stereocenters. The normalized spacial score (nSPS) is 11.3. The Bertz CT molecular complexity index is 1110. The average Bonchev–Trinajstić information content (AvgIpc) is 2.76. The highest BCUT2D eigenvalue weighted by molar-refractivity contribution is 5.98. The lowest BCUT2D eigenvalue weighted by atomic mass is 10.1. The van der Waals surface area contributed by atoms with Crippen LogP contribution >= 0.6 is 0 Å². The fraction of sp³-hybridized carbons (Fsp3) is 0.0476. The molecule has 0 aliphatic rings. The summed E-state index contributed by atoms with van der Waals surface area (Å²) < 4.78 is 71.3. The number of hydrogen-bond donors (Lipinski definition) is 1. The minimum absolute atomic E-state index is 0.0635. The number of carbonyl (C=O) groups is 1. The zero-order valence-electron chi connectivity index (χ0n) is 15.5. The Morgan fingerprint density at radius 3 is 1.97 bits per heavy atom. The van der Waals surface area contributed by atoms with E-state index >= 15 is 0 Å². The third-order valence-corrected chi connectivity index (χ3v) is 4.01. The Hall–Kier alpha value is -3.95. The van der Waals surface area contributed by atoms with Crippen molar-refractivity contribution < 1.29 is 36.3 Å². The third kappa shape index (κ3) is 5.16. The first-order valence-electron chi connectivity index (χ1n) is 8.61. The van der Waals surface area contributed by atoms with Gasteiger partial charge in [0.15, 0.2) is 23.2 Å². The van der Waals surface area contributed by atoms with E-state index < -0.39 is 47.4 Å². The van der Waals surface area contributed by atoms with Gasteiger partial charge in [-0.25, -0.2) is 18.0 Å². The number of nitrogens with zero attached hydrogens (tertiary/aromatic N) is 1. The molecule has 0 bridgehead atoms. The van der Waals surface area contributed by atoms with Crippen LogP contribution in [0.3, 0.4) is 0 Å². The zero-order valence-corrected chi connectivity index (χ0v) is 15.5. The molecule has 0 saturated heterocycles. The van der Waals surface area contributed by atoms with Crippen LogP contribution in [0, 0.1) is 29.1 Å². The summed E-state index contributed by atoms with van der Waals surface area (Å²) in [5.41, 5.74) is 6.40. The Morgan fingerprint density at radius 1 is 0.839 bits per heavy atom. The number of amidine groups is 1. The van der Waals surface area contributed by atoms with E-state index in [2.05, 4.69) is 5.16 Å². The second-order valence-electron chi connectivity index (χ2n) is 6.15. The SMILES string of the molecule is N/C(=N\OC(=O)c1ccc(COc2c(F)c(F)cc(F)c2F)cc1)c1ccc(F)cc1. The lowest BCUT2D eigenvalue weighted by Crippen LogP contribution is -2.15. The van der Waals surface area contributed by atoms with E-state index in [9.17, 15) is 26.7 Å². The minimum Gasteiger partial charge on any atom is -0.483 e. The molecule has 0 saturated carbocycles. The highest BCUT2D eigenvalue weighted by Gasteiger charge is 2.20. The van der Waals surface area contributed by atoms with Gasteiger partial charge >= 0.3 is 5.97 Å². The molecule has 31 heavy (non-hydrogen) atoms. The molecular formula is C21H13F5N2O3. The van der Waals surface area contributed by atoms with Gasteiger partial charge in [-0.1, -0.05) is 17.3 Å². The summed E-state index contributed by atoms with van der Waals surface area (Å²) in [5, 5.41) is 3.48. The maximum absolute atomic E-state index is 13.6. The fourth-order valence-electron chi connectivity index (χ4n) is 2.39. The van der Waals surface area contributed by atoms with Crippen molar-refractivity contribution in [3.63, 3.8) is 0 Å². The molecule has 2 N–H and O–H groups in total. The molecule has 0 amide bonds. The zero-order chi connectivity index (χ0) is 22.5. The van der Waals surface area contributed by atoms with E-state index in [0.29, 0.717) is 11.1 Å². The summed E-state index contributed by atoms with van der Waals surface area (Å²) >= 11 is 0. The van der Waals surface area contributed by atoms with Gasteiger partial charge in [-0.3, -0.25) is 0 Å². The number of benzene rings is 3. The van der Waals surface area contributed by atoms with Crippen molar-refractivity contribution in [2.45, 2.75) is 6.61 Å². The minimum atomic E-state index is -1.66. The van der Waals surface area contributed by atoms with Gasteiger partial charge in [-0.05, 0) is 42.0 Å². The Balaban J connectivity index is 1.63. The quantitative estimate of drug-likeness (QED) is 0.155. The van der Waals surface area contributed by atoms with Crippen LogP contribution < -0.4 is 10.5 Å². The monoisotopic (exact) mass is 436 g/mol. The first kappa shape index (κ1) is 21.8. The molecule has 160 valence electrons. The molecule has 10 heteroatoms. The molecule has 3 aromatic rings. The molecule has 0 heterocycles. The second-order valence-corrected chi connectivity index (χ2v) is 6.15. The molecular weight excluding hydrogens is 423 g/mol. The average molecular weight is 436 g/mol. The number of ether oxygens (including phenoxy) is 1. The molecule has 0 radical (unpaired) electrons. The van der Waals surface area contributed by atoms with Gasteiger partial charge in [-0.15, -0.1) is 0 Å². The summed E-state index contributed by atoms with van der Waals surface area (Å²) in [4.78, 5) is 16.7. The first-order chi connectivity index (χ1) is 14.8. The van der Waals surface area contributed by atoms with Gasteiger partial charge in [0, 0.05) is 11.6 Å². The van der Waals surface area contributed by atoms with Crippen molar-refractivity contribution >= 4 is 11.8 Å². The molecule has 0 aliphatic heterocycles. The van der Waals surface area contributed by atoms with Crippen LogP contribution in [0.2, 0.25) is 0 Å². The maximum atomic E-state index is 13.6. The summed E-state index contributed by atoms with van der Waals surface area (Å²) in [6, 6.07) is 10.5. The van der Waals surface area contributed by atoms with Gasteiger partial charge in [-0.2, -0.15) is 8.78 Å². The maximum Gasteiger partial charge on any atom is 0.365 e. The lowest BCUT2D eigenvalue weighted by molar-refractivity contribution is 0.0516. The molecule has 0 fully saturated rings. The molecule has 0 aliphatic carbocycles. The van der Waals surface area contributed by atoms with Crippen LogP contribution in [0.4, 0.5) is 22.0 Å². The van der Waals surface area contributed by atoms with E-state index in [4.69, 9.17) is 15.3 Å². The smallest absolute Gasteiger partial charge is 0.365 e. The summed E-state index contributed by atoms with van der Waals surface area (Å²) in [6.07, 6.45) is 0. The number of oxime groups is 1. The third-order valence-electron chi connectivity index (χ3n) is 4.01. The van der Waals surface area contributed by atoms with Crippen molar-refractivity contribution in [1.82, 2.24) is 0 Å². The van der Waals surface area contributed by atoms with E-state index in [-0.39, 0.29) is 17.5 Å². The number of rotatable bonds is 6. The van der Waals surface area contributed by atoms with E-state index in [1.165, 1.54) is 36.4 Å². The Labute approximate surface area is 172 Å². The molecule has 3 rings (SSSR count). The number of carbonyl (C=O) groups excluding carboxylic acids is 1. The van der Waals surface area contributed by atoms with Crippen molar-refractivity contribution in [3.8, 4) is 5.75 Å². The van der Waals surface area contributed by atoms with Gasteiger partial charge in [0.2, 0.25) is 11.6 Å². The highest BCUT2D eigenvalue weighted by Crippen LogP contribution is 2.27. The second kappa shape index (κ2) is 9.24. The van der Waals surface area contributed by atoms with Gasteiger partial charge < -0.3 is 15.3 Å². The molecule has 0 aromatic heterocycles. The van der Waals surface area contributed by atoms with Gasteiger partial charge in [0.05, 0.1) is 5.56 Å². The van der Waals surface area contributed by atoms with Crippen molar-refractivity contribution in [2.75, 3.05) is 0 Å². The Kier molecular flexibility index (Phi) is 6.49. The highest BCUT2D eigenvalue weighted by atomic mass is 19.2. The van der Waals surface area contributed by atoms with Crippen molar-refractivity contribution in [3.05, 3.63) is 100 Å². The summed E-state index contributed by atoms with van der Waals surface area (Å²) in [6.45, 7) is -0.429. The molecule has 3 aromatic carbocycles. The fourth-order valence-corrected chi connectivity index (χ4v) is 2.39. The topological polar surface area (TPSA) is 73.9 Å². The van der Waals surface area contributed by atoms with Crippen LogP contribution in [0.15, 0.2) is 59.8 Å². The summed E-state index contributed by atoms with van der Waals surface area (Å²) in [7, 11) is 0. The van der Waals surface area contributed by atoms with E-state index in [1.807, 2.05) is 0 Å². The van der Waals surface area contributed by atoms with Crippen molar-refractivity contribution in [1.29, 1.82) is 0 Å².